The highest BCUT2D eigenvalue weighted by Crippen LogP contribution is 2.35. The van der Waals surface area contributed by atoms with Crippen LogP contribution in [0.5, 0.6) is 0 Å². The summed E-state index contributed by atoms with van der Waals surface area (Å²) in [5.41, 5.74) is 0. The second-order valence-corrected chi connectivity index (χ2v) is 6.70. The maximum absolute atomic E-state index is 11.9. The number of carbonyl (C=O) groups is 2. The summed E-state index contributed by atoms with van der Waals surface area (Å²) in [4.78, 5) is 25.2. The summed E-state index contributed by atoms with van der Waals surface area (Å²) < 4.78 is -0.0469. The van der Waals surface area contributed by atoms with Crippen molar-refractivity contribution in [2.75, 3.05) is 0 Å². The molecule has 0 bridgehead atoms. The number of rotatable bonds is 2. The molecule has 4 heteroatoms. The summed E-state index contributed by atoms with van der Waals surface area (Å²) in [5, 5.41) is 0. The van der Waals surface area contributed by atoms with Crippen LogP contribution in [0.4, 0.5) is 0 Å². The first-order valence-electron chi connectivity index (χ1n) is 5.00. The molecule has 0 aromatic rings. The van der Waals surface area contributed by atoms with Gasteiger partial charge in [-0.25, -0.2) is 0 Å². The van der Waals surface area contributed by atoms with E-state index in [0.29, 0.717) is 4.91 Å². The van der Waals surface area contributed by atoms with Gasteiger partial charge in [0.25, 0.3) is 11.8 Å². The standard InChI is InChI=1S/C11H17NO2S/c1-7(2)12-9(13)6-8(10(12)14)15-11(3,4)5/h6-7H,1-5H3. The lowest BCUT2D eigenvalue weighted by Crippen LogP contribution is -2.37. The van der Waals surface area contributed by atoms with E-state index < -0.39 is 0 Å². The number of amides is 2. The van der Waals surface area contributed by atoms with E-state index in [-0.39, 0.29) is 22.6 Å². The maximum Gasteiger partial charge on any atom is 0.267 e. The van der Waals surface area contributed by atoms with Gasteiger partial charge in [0.15, 0.2) is 0 Å². The Labute approximate surface area is 94.9 Å². The SMILES string of the molecule is CC(C)N1C(=O)C=C(SC(C)(C)C)C1=O. The highest BCUT2D eigenvalue weighted by atomic mass is 32.2. The number of hydrogen-bond donors (Lipinski definition) is 0. The van der Waals surface area contributed by atoms with Crippen LogP contribution < -0.4 is 0 Å². The van der Waals surface area contributed by atoms with Gasteiger partial charge in [-0.2, -0.15) is 0 Å². The van der Waals surface area contributed by atoms with E-state index >= 15 is 0 Å². The molecular weight excluding hydrogens is 210 g/mol. The minimum atomic E-state index is -0.193. The number of hydrogen-bond acceptors (Lipinski definition) is 3. The maximum atomic E-state index is 11.9. The van der Waals surface area contributed by atoms with Gasteiger partial charge >= 0.3 is 0 Å². The Kier molecular flexibility index (Phi) is 3.28. The zero-order valence-corrected chi connectivity index (χ0v) is 10.6. The lowest BCUT2D eigenvalue weighted by molar-refractivity contribution is -0.138. The second kappa shape index (κ2) is 4.00. The van der Waals surface area contributed by atoms with E-state index in [1.165, 1.54) is 22.7 Å². The zero-order valence-electron chi connectivity index (χ0n) is 9.83. The Morgan fingerprint density at radius 3 is 2.13 bits per heavy atom. The Morgan fingerprint density at radius 2 is 1.80 bits per heavy atom. The smallest absolute Gasteiger partial charge is 0.267 e. The molecular formula is C11H17NO2S. The molecule has 0 saturated carbocycles. The first-order valence-corrected chi connectivity index (χ1v) is 5.82. The highest BCUT2D eigenvalue weighted by Gasteiger charge is 2.34. The van der Waals surface area contributed by atoms with Crippen molar-refractivity contribution < 1.29 is 9.59 Å². The van der Waals surface area contributed by atoms with Crippen LogP contribution >= 0.6 is 11.8 Å². The van der Waals surface area contributed by atoms with Crippen molar-refractivity contribution in [3.05, 3.63) is 11.0 Å². The van der Waals surface area contributed by atoms with Crippen LogP contribution in [0.1, 0.15) is 34.6 Å². The van der Waals surface area contributed by atoms with Gasteiger partial charge in [-0.15, -0.1) is 11.8 Å². The van der Waals surface area contributed by atoms with E-state index in [4.69, 9.17) is 0 Å². The van der Waals surface area contributed by atoms with Gasteiger partial charge in [0.05, 0.1) is 4.91 Å². The van der Waals surface area contributed by atoms with Gasteiger partial charge in [0.2, 0.25) is 0 Å². The molecule has 3 nitrogen and oxygen atoms in total. The molecule has 0 aromatic heterocycles. The predicted octanol–water partition coefficient (Wildman–Crippen LogP) is 2.18. The van der Waals surface area contributed by atoms with Crippen LogP contribution in [0.2, 0.25) is 0 Å². The Bertz CT molecular complexity index is 326. The molecule has 1 aliphatic heterocycles. The van der Waals surface area contributed by atoms with E-state index in [0.717, 1.165) is 0 Å². The minimum Gasteiger partial charge on any atom is -0.272 e. The van der Waals surface area contributed by atoms with Gasteiger partial charge in [0.1, 0.15) is 0 Å². The van der Waals surface area contributed by atoms with Crippen LogP contribution in [0, 0.1) is 0 Å². The molecule has 2 amide bonds. The van der Waals surface area contributed by atoms with Crippen LogP contribution in [0.25, 0.3) is 0 Å². The second-order valence-electron chi connectivity index (χ2n) is 4.83. The summed E-state index contributed by atoms with van der Waals surface area (Å²) >= 11 is 1.45. The first-order chi connectivity index (χ1) is 6.72. The zero-order chi connectivity index (χ0) is 11.8. The van der Waals surface area contributed by atoms with Crippen LogP contribution in [0.15, 0.2) is 11.0 Å². The number of imide groups is 1. The summed E-state index contributed by atoms with van der Waals surface area (Å²) in [5.74, 6) is -0.350. The van der Waals surface area contributed by atoms with Gasteiger partial charge in [0, 0.05) is 16.9 Å². The van der Waals surface area contributed by atoms with Crippen molar-refractivity contribution in [3.8, 4) is 0 Å². The third-order valence-electron chi connectivity index (χ3n) is 1.85. The molecule has 0 fully saturated rings. The summed E-state index contributed by atoms with van der Waals surface area (Å²) in [7, 11) is 0. The molecule has 0 N–H and O–H groups in total. The summed E-state index contributed by atoms with van der Waals surface area (Å²) in [6.45, 7) is 9.75. The lowest BCUT2D eigenvalue weighted by Gasteiger charge is -2.21. The third-order valence-corrected chi connectivity index (χ3v) is 2.98. The van der Waals surface area contributed by atoms with E-state index in [2.05, 4.69) is 0 Å². The highest BCUT2D eigenvalue weighted by molar-refractivity contribution is 8.05. The molecule has 0 unspecified atom stereocenters. The predicted molar refractivity (Wildman–Crippen MR) is 62.4 cm³/mol. The molecule has 0 aliphatic carbocycles. The number of thioether (sulfide) groups is 1. The fourth-order valence-corrected chi connectivity index (χ4v) is 2.36. The van der Waals surface area contributed by atoms with Crippen molar-refractivity contribution >= 4 is 23.6 Å². The first kappa shape index (κ1) is 12.3. The topological polar surface area (TPSA) is 37.4 Å². The minimum absolute atomic E-state index is 0.0469. The van der Waals surface area contributed by atoms with Crippen LogP contribution in [-0.4, -0.2) is 27.5 Å². The Balaban J connectivity index is 2.84. The Hall–Kier alpha value is -0.770. The summed E-state index contributed by atoms with van der Waals surface area (Å²) in [6.07, 6.45) is 1.44. The van der Waals surface area contributed by atoms with Crippen molar-refractivity contribution in [1.29, 1.82) is 0 Å². The molecule has 0 aromatic carbocycles. The van der Waals surface area contributed by atoms with Gasteiger partial charge in [-0.3, -0.25) is 14.5 Å². The Morgan fingerprint density at radius 1 is 1.27 bits per heavy atom. The van der Waals surface area contributed by atoms with E-state index in [9.17, 15) is 9.59 Å². The lowest BCUT2D eigenvalue weighted by atomic mass is 10.3. The summed E-state index contributed by atoms with van der Waals surface area (Å²) in [6, 6.07) is -0.0701. The molecule has 1 aliphatic rings. The molecule has 0 saturated heterocycles. The molecule has 0 spiro atoms. The normalized spacial score (nSPS) is 17.7. The van der Waals surface area contributed by atoms with Gasteiger partial charge < -0.3 is 0 Å². The molecule has 1 rings (SSSR count). The largest absolute Gasteiger partial charge is 0.272 e. The fourth-order valence-electron chi connectivity index (χ4n) is 1.35. The van der Waals surface area contributed by atoms with Gasteiger partial charge in [-0.05, 0) is 13.8 Å². The quantitative estimate of drug-likeness (QED) is 0.679. The monoisotopic (exact) mass is 227 g/mol. The molecule has 84 valence electrons. The molecule has 0 radical (unpaired) electrons. The van der Waals surface area contributed by atoms with E-state index in [1.807, 2.05) is 34.6 Å². The number of nitrogens with zero attached hydrogens (tertiary/aromatic N) is 1. The average Bonchev–Trinajstić information content (AvgIpc) is 2.23. The molecule has 15 heavy (non-hydrogen) atoms. The third kappa shape index (κ3) is 2.84. The fraction of sp³-hybridized carbons (Fsp3) is 0.636. The van der Waals surface area contributed by atoms with E-state index in [1.54, 1.807) is 0 Å². The van der Waals surface area contributed by atoms with Crippen molar-refractivity contribution in [3.63, 3.8) is 0 Å². The number of carbonyl (C=O) groups excluding carboxylic acids is 2. The van der Waals surface area contributed by atoms with Crippen LogP contribution in [-0.2, 0) is 9.59 Å². The van der Waals surface area contributed by atoms with Gasteiger partial charge in [-0.1, -0.05) is 20.8 Å². The van der Waals surface area contributed by atoms with Crippen molar-refractivity contribution in [2.45, 2.75) is 45.4 Å². The van der Waals surface area contributed by atoms with Crippen molar-refractivity contribution in [2.24, 2.45) is 0 Å². The van der Waals surface area contributed by atoms with Crippen LogP contribution in [0.3, 0.4) is 0 Å². The molecule has 1 heterocycles. The molecule has 0 atom stereocenters. The van der Waals surface area contributed by atoms with Crippen molar-refractivity contribution in [1.82, 2.24) is 4.90 Å². The average molecular weight is 227 g/mol.